The predicted molar refractivity (Wildman–Crippen MR) is 87.6 cm³/mol. The SMILES string of the molecule is COc1ccc(C(O)c2ncc(-c3ccccc3)[nH]2)cc1OC. The fourth-order valence-electron chi connectivity index (χ4n) is 2.42. The van der Waals surface area contributed by atoms with Crippen molar-refractivity contribution in [1.29, 1.82) is 0 Å². The number of aromatic amines is 1. The van der Waals surface area contributed by atoms with Gasteiger partial charge < -0.3 is 19.6 Å². The van der Waals surface area contributed by atoms with E-state index in [0.29, 0.717) is 22.9 Å². The zero-order valence-corrected chi connectivity index (χ0v) is 13.0. The average Bonchev–Trinajstić information content (AvgIpc) is 3.11. The van der Waals surface area contributed by atoms with E-state index in [1.807, 2.05) is 30.3 Å². The van der Waals surface area contributed by atoms with Crippen LogP contribution in [0, 0.1) is 0 Å². The van der Waals surface area contributed by atoms with E-state index in [2.05, 4.69) is 9.97 Å². The summed E-state index contributed by atoms with van der Waals surface area (Å²) in [6.45, 7) is 0. The minimum atomic E-state index is -0.868. The van der Waals surface area contributed by atoms with E-state index in [-0.39, 0.29) is 0 Å². The highest BCUT2D eigenvalue weighted by molar-refractivity contribution is 5.58. The molecule has 0 aliphatic heterocycles. The van der Waals surface area contributed by atoms with Crippen LogP contribution in [0.25, 0.3) is 11.3 Å². The maximum atomic E-state index is 10.5. The number of nitrogens with zero attached hydrogens (tertiary/aromatic N) is 1. The van der Waals surface area contributed by atoms with Gasteiger partial charge in [0.15, 0.2) is 11.5 Å². The Balaban J connectivity index is 1.89. The lowest BCUT2D eigenvalue weighted by atomic mass is 10.1. The van der Waals surface area contributed by atoms with Gasteiger partial charge in [0.05, 0.1) is 26.1 Å². The Labute approximate surface area is 134 Å². The number of benzene rings is 2. The topological polar surface area (TPSA) is 67.4 Å². The highest BCUT2D eigenvalue weighted by atomic mass is 16.5. The van der Waals surface area contributed by atoms with Gasteiger partial charge in [0.25, 0.3) is 0 Å². The van der Waals surface area contributed by atoms with Crippen molar-refractivity contribution in [2.24, 2.45) is 0 Å². The zero-order chi connectivity index (χ0) is 16.2. The molecule has 1 aromatic heterocycles. The third kappa shape index (κ3) is 3.05. The second kappa shape index (κ2) is 6.54. The van der Waals surface area contributed by atoms with Crippen LogP contribution >= 0.6 is 0 Å². The maximum Gasteiger partial charge on any atom is 0.161 e. The first-order valence-corrected chi connectivity index (χ1v) is 7.23. The summed E-state index contributed by atoms with van der Waals surface area (Å²) >= 11 is 0. The molecule has 5 nitrogen and oxygen atoms in total. The molecule has 0 saturated carbocycles. The highest BCUT2D eigenvalue weighted by Crippen LogP contribution is 2.32. The minimum absolute atomic E-state index is 0.482. The number of imidazole rings is 1. The molecule has 0 aliphatic rings. The van der Waals surface area contributed by atoms with Crippen molar-refractivity contribution in [2.75, 3.05) is 14.2 Å². The number of hydrogen-bond acceptors (Lipinski definition) is 4. The molecule has 1 unspecified atom stereocenters. The Morgan fingerprint density at radius 1 is 1.00 bits per heavy atom. The molecular weight excluding hydrogens is 292 g/mol. The van der Waals surface area contributed by atoms with Gasteiger partial charge in [-0.25, -0.2) is 4.98 Å². The van der Waals surface area contributed by atoms with Crippen molar-refractivity contribution in [1.82, 2.24) is 9.97 Å². The third-order valence-corrected chi connectivity index (χ3v) is 3.66. The fraction of sp³-hybridized carbons (Fsp3) is 0.167. The zero-order valence-electron chi connectivity index (χ0n) is 13.0. The van der Waals surface area contributed by atoms with Crippen molar-refractivity contribution in [3.8, 4) is 22.8 Å². The molecule has 1 atom stereocenters. The van der Waals surface area contributed by atoms with Gasteiger partial charge in [-0.15, -0.1) is 0 Å². The first-order chi connectivity index (χ1) is 11.2. The molecule has 0 aliphatic carbocycles. The number of ether oxygens (including phenoxy) is 2. The molecule has 0 radical (unpaired) electrons. The lowest BCUT2D eigenvalue weighted by Gasteiger charge is -2.12. The van der Waals surface area contributed by atoms with Crippen LogP contribution in [0.3, 0.4) is 0 Å². The Bertz CT molecular complexity index is 784. The summed E-state index contributed by atoms with van der Waals surface area (Å²) in [6, 6.07) is 15.1. The largest absolute Gasteiger partial charge is 0.493 e. The van der Waals surface area contributed by atoms with E-state index in [9.17, 15) is 5.11 Å². The minimum Gasteiger partial charge on any atom is -0.493 e. The quantitative estimate of drug-likeness (QED) is 0.759. The van der Waals surface area contributed by atoms with Gasteiger partial charge in [0.2, 0.25) is 0 Å². The Morgan fingerprint density at radius 3 is 2.43 bits per heavy atom. The second-order valence-corrected chi connectivity index (χ2v) is 5.07. The lowest BCUT2D eigenvalue weighted by Crippen LogP contribution is -2.03. The second-order valence-electron chi connectivity index (χ2n) is 5.07. The maximum absolute atomic E-state index is 10.5. The first-order valence-electron chi connectivity index (χ1n) is 7.23. The van der Waals surface area contributed by atoms with Crippen molar-refractivity contribution < 1.29 is 14.6 Å². The van der Waals surface area contributed by atoms with Crippen molar-refractivity contribution in [3.05, 3.63) is 66.1 Å². The number of H-pyrrole nitrogens is 1. The van der Waals surface area contributed by atoms with Gasteiger partial charge in [-0.3, -0.25) is 0 Å². The molecule has 0 spiro atoms. The predicted octanol–water partition coefficient (Wildman–Crippen LogP) is 3.18. The average molecular weight is 310 g/mol. The van der Waals surface area contributed by atoms with Crippen LogP contribution in [0.5, 0.6) is 11.5 Å². The van der Waals surface area contributed by atoms with Crippen LogP contribution in [0.15, 0.2) is 54.7 Å². The van der Waals surface area contributed by atoms with E-state index in [1.54, 1.807) is 38.6 Å². The van der Waals surface area contributed by atoms with Gasteiger partial charge in [-0.2, -0.15) is 0 Å². The van der Waals surface area contributed by atoms with E-state index in [4.69, 9.17) is 9.47 Å². The Hall–Kier alpha value is -2.79. The monoisotopic (exact) mass is 310 g/mol. The molecule has 2 N–H and O–H groups in total. The van der Waals surface area contributed by atoms with Gasteiger partial charge >= 0.3 is 0 Å². The van der Waals surface area contributed by atoms with Gasteiger partial charge in [-0.1, -0.05) is 36.4 Å². The summed E-state index contributed by atoms with van der Waals surface area (Å²) in [4.78, 5) is 7.45. The molecule has 0 saturated heterocycles. The van der Waals surface area contributed by atoms with Crippen LogP contribution in [0.1, 0.15) is 17.5 Å². The fourth-order valence-corrected chi connectivity index (χ4v) is 2.42. The van der Waals surface area contributed by atoms with Crippen molar-refractivity contribution >= 4 is 0 Å². The normalized spacial score (nSPS) is 12.0. The van der Waals surface area contributed by atoms with E-state index < -0.39 is 6.10 Å². The molecule has 1 heterocycles. The number of hydrogen-bond donors (Lipinski definition) is 2. The van der Waals surface area contributed by atoms with Gasteiger partial charge in [0.1, 0.15) is 11.9 Å². The Kier molecular flexibility index (Phi) is 4.30. The van der Waals surface area contributed by atoms with Gasteiger partial charge in [0, 0.05) is 0 Å². The van der Waals surface area contributed by atoms with Crippen LogP contribution < -0.4 is 9.47 Å². The molecule has 118 valence electrons. The van der Waals surface area contributed by atoms with Gasteiger partial charge in [-0.05, 0) is 23.3 Å². The van der Waals surface area contributed by atoms with Crippen molar-refractivity contribution in [2.45, 2.75) is 6.10 Å². The number of aliphatic hydroxyl groups excluding tert-OH is 1. The number of aromatic nitrogens is 2. The van der Waals surface area contributed by atoms with Crippen LogP contribution in [0.2, 0.25) is 0 Å². The summed E-state index contributed by atoms with van der Waals surface area (Å²) in [5.41, 5.74) is 2.56. The molecule has 0 fully saturated rings. The van der Waals surface area contributed by atoms with Crippen molar-refractivity contribution in [3.63, 3.8) is 0 Å². The van der Waals surface area contributed by atoms with Crippen LogP contribution in [-0.4, -0.2) is 29.3 Å². The summed E-state index contributed by atoms with van der Waals surface area (Å²) in [5, 5.41) is 10.5. The number of nitrogens with one attached hydrogen (secondary N) is 1. The number of methoxy groups -OCH3 is 2. The summed E-state index contributed by atoms with van der Waals surface area (Å²) < 4.78 is 10.5. The lowest BCUT2D eigenvalue weighted by molar-refractivity contribution is 0.210. The number of aliphatic hydroxyl groups is 1. The summed E-state index contributed by atoms with van der Waals surface area (Å²) in [6.07, 6.45) is 0.849. The van der Waals surface area contributed by atoms with E-state index in [0.717, 1.165) is 11.3 Å². The molecule has 3 aromatic rings. The molecule has 5 heteroatoms. The molecule has 2 aromatic carbocycles. The molecular formula is C18H18N2O3. The first kappa shape index (κ1) is 15.1. The smallest absolute Gasteiger partial charge is 0.161 e. The standard InChI is InChI=1S/C18H18N2O3/c1-22-15-9-8-13(10-16(15)23-2)17(21)18-19-11-14(20-18)12-6-4-3-5-7-12/h3-11,17,21H,1-2H3,(H,19,20). The molecule has 3 rings (SSSR count). The van der Waals surface area contributed by atoms with E-state index >= 15 is 0 Å². The van der Waals surface area contributed by atoms with Crippen LogP contribution in [0.4, 0.5) is 0 Å². The molecule has 0 bridgehead atoms. The third-order valence-electron chi connectivity index (χ3n) is 3.66. The van der Waals surface area contributed by atoms with E-state index in [1.165, 1.54) is 0 Å². The molecule has 23 heavy (non-hydrogen) atoms. The molecule has 0 amide bonds. The van der Waals surface area contributed by atoms with Crippen LogP contribution in [-0.2, 0) is 0 Å². The number of rotatable bonds is 5. The summed E-state index contributed by atoms with van der Waals surface area (Å²) in [7, 11) is 3.14. The highest BCUT2D eigenvalue weighted by Gasteiger charge is 2.17. The Morgan fingerprint density at radius 2 is 1.74 bits per heavy atom. The summed E-state index contributed by atoms with van der Waals surface area (Å²) in [5.74, 6) is 1.67.